The van der Waals surface area contributed by atoms with Crippen molar-refractivity contribution < 1.29 is 19.1 Å². The van der Waals surface area contributed by atoms with Gasteiger partial charge in [-0.1, -0.05) is 18.2 Å². The fourth-order valence-corrected chi connectivity index (χ4v) is 3.48. The molecule has 0 aliphatic rings. The highest BCUT2D eigenvalue weighted by molar-refractivity contribution is 7.13. The van der Waals surface area contributed by atoms with Gasteiger partial charge in [0.2, 0.25) is 5.88 Å². The van der Waals surface area contributed by atoms with E-state index in [9.17, 15) is 4.79 Å². The molecular formula is C21H16N2O4S. The molecule has 0 aliphatic carbocycles. The summed E-state index contributed by atoms with van der Waals surface area (Å²) in [5, 5.41) is 11.1. The molecule has 140 valence electrons. The summed E-state index contributed by atoms with van der Waals surface area (Å²) in [4.78, 5) is 16.7. The van der Waals surface area contributed by atoms with E-state index in [1.165, 1.54) is 6.07 Å². The summed E-state index contributed by atoms with van der Waals surface area (Å²) in [6.45, 7) is 0.150. The molecule has 0 radical (unpaired) electrons. The number of ether oxygens (including phenoxy) is 1. The molecule has 3 heterocycles. The minimum atomic E-state index is -0.985. The summed E-state index contributed by atoms with van der Waals surface area (Å²) in [5.41, 5.74) is 9.98. The lowest BCUT2D eigenvalue weighted by molar-refractivity contribution is 0.0696. The van der Waals surface area contributed by atoms with E-state index >= 15 is 0 Å². The highest BCUT2D eigenvalue weighted by Crippen LogP contribution is 2.37. The van der Waals surface area contributed by atoms with Gasteiger partial charge in [-0.3, -0.25) is 0 Å². The molecule has 0 spiro atoms. The maximum Gasteiger partial charge on any atom is 0.335 e. The predicted molar refractivity (Wildman–Crippen MR) is 107 cm³/mol. The number of aromatic carboxylic acids is 1. The van der Waals surface area contributed by atoms with E-state index in [1.54, 1.807) is 42.1 Å². The average Bonchev–Trinajstić information content (AvgIpc) is 3.41. The highest BCUT2D eigenvalue weighted by Gasteiger charge is 2.16. The first-order valence-electron chi connectivity index (χ1n) is 8.44. The van der Waals surface area contributed by atoms with Crippen molar-refractivity contribution in [1.82, 2.24) is 4.98 Å². The summed E-state index contributed by atoms with van der Waals surface area (Å²) < 4.78 is 11.1. The van der Waals surface area contributed by atoms with Crippen LogP contribution in [0.2, 0.25) is 0 Å². The minimum absolute atomic E-state index is 0.150. The largest absolute Gasteiger partial charge is 0.478 e. The molecule has 3 N–H and O–H groups in total. The molecule has 1 aromatic carbocycles. The summed E-state index contributed by atoms with van der Waals surface area (Å²) in [6, 6.07) is 14.2. The van der Waals surface area contributed by atoms with Crippen molar-refractivity contribution >= 4 is 23.0 Å². The molecule has 0 saturated carbocycles. The van der Waals surface area contributed by atoms with Crippen molar-refractivity contribution in [3.63, 3.8) is 0 Å². The number of rotatable bonds is 6. The Morgan fingerprint density at radius 1 is 1.21 bits per heavy atom. The summed E-state index contributed by atoms with van der Waals surface area (Å²) >= 11 is 1.57. The van der Waals surface area contributed by atoms with Gasteiger partial charge in [-0.2, -0.15) is 0 Å². The first kappa shape index (κ1) is 17.8. The number of furan rings is 1. The molecule has 0 aliphatic heterocycles. The van der Waals surface area contributed by atoms with E-state index in [4.69, 9.17) is 20.0 Å². The molecule has 6 nitrogen and oxygen atoms in total. The van der Waals surface area contributed by atoms with Crippen molar-refractivity contribution in [3.8, 4) is 27.6 Å². The second-order valence-electron chi connectivity index (χ2n) is 6.06. The van der Waals surface area contributed by atoms with E-state index in [1.807, 2.05) is 29.6 Å². The second kappa shape index (κ2) is 7.58. The Labute approximate surface area is 164 Å². The Bertz CT molecular complexity index is 1110. The third-order valence-electron chi connectivity index (χ3n) is 4.18. The van der Waals surface area contributed by atoms with Crippen LogP contribution in [0.5, 0.6) is 5.88 Å². The SMILES string of the molecule is Nc1c(-c2ccoc2)cc(-c2cccs2)nc1OCc1cccc(C(=O)O)c1. The Kier molecular flexibility index (Phi) is 4.82. The Morgan fingerprint density at radius 3 is 2.82 bits per heavy atom. The number of carboxylic acid groups (broad SMARTS) is 1. The molecule has 4 rings (SSSR count). The van der Waals surface area contributed by atoms with Crippen molar-refractivity contribution in [1.29, 1.82) is 0 Å². The molecular weight excluding hydrogens is 376 g/mol. The number of nitrogen functional groups attached to an aromatic ring is 1. The van der Waals surface area contributed by atoms with Gasteiger partial charge in [0.1, 0.15) is 12.3 Å². The van der Waals surface area contributed by atoms with Gasteiger partial charge in [-0.15, -0.1) is 11.3 Å². The van der Waals surface area contributed by atoms with E-state index in [0.717, 1.165) is 21.7 Å². The van der Waals surface area contributed by atoms with Crippen LogP contribution in [0.4, 0.5) is 5.69 Å². The molecule has 0 atom stereocenters. The van der Waals surface area contributed by atoms with Crippen LogP contribution in [-0.4, -0.2) is 16.1 Å². The Morgan fingerprint density at radius 2 is 2.11 bits per heavy atom. The Balaban J connectivity index is 1.70. The summed E-state index contributed by atoms with van der Waals surface area (Å²) in [7, 11) is 0. The van der Waals surface area contributed by atoms with E-state index in [-0.39, 0.29) is 12.2 Å². The van der Waals surface area contributed by atoms with Crippen LogP contribution < -0.4 is 10.5 Å². The first-order valence-corrected chi connectivity index (χ1v) is 9.32. The average molecular weight is 392 g/mol. The zero-order valence-corrected chi connectivity index (χ0v) is 15.5. The lowest BCUT2D eigenvalue weighted by atomic mass is 10.1. The molecule has 0 saturated heterocycles. The van der Waals surface area contributed by atoms with Gasteiger partial charge in [-0.05, 0) is 41.3 Å². The van der Waals surface area contributed by atoms with Crippen molar-refractivity contribution in [2.45, 2.75) is 6.61 Å². The molecule has 0 unspecified atom stereocenters. The smallest absolute Gasteiger partial charge is 0.335 e. The number of hydrogen-bond acceptors (Lipinski definition) is 6. The molecule has 0 amide bonds. The number of anilines is 1. The molecule has 7 heteroatoms. The molecule has 4 aromatic rings. The van der Waals surface area contributed by atoms with Crippen molar-refractivity contribution in [3.05, 3.63) is 77.6 Å². The van der Waals surface area contributed by atoms with Crippen LogP contribution in [-0.2, 0) is 6.61 Å². The number of benzene rings is 1. The number of hydrogen-bond donors (Lipinski definition) is 2. The van der Waals surface area contributed by atoms with Gasteiger partial charge < -0.3 is 20.0 Å². The summed E-state index contributed by atoms with van der Waals surface area (Å²) in [6.07, 6.45) is 3.20. The normalized spacial score (nSPS) is 10.7. The number of carbonyl (C=O) groups is 1. The van der Waals surface area contributed by atoms with Crippen LogP contribution in [0.15, 0.2) is 70.9 Å². The Hall–Kier alpha value is -3.58. The van der Waals surface area contributed by atoms with Gasteiger partial charge in [-0.25, -0.2) is 9.78 Å². The van der Waals surface area contributed by atoms with Crippen LogP contribution >= 0.6 is 11.3 Å². The number of carboxylic acids is 1. The third kappa shape index (κ3) is 3.60. The number of nitrogens with two attached hydrogens (primary N) is 1. The molecule has 0 bridgehead atoms. The maximum absolute atomic E-state index is 11.2. The van der Waals surface area contributed by atoms with Crippen LogP contribution in [0.3, 0.4) is 0 Å². The van der Waals surface area contributed by atoms with Crippen molar-refractivity contribution in [2.24, 2.45) is 0 Å². The second-order valence-corrected chi connectivity index (χ2v) is 7.01. The minimum Gasteiger partial charge on any atom is -0.478 e. The maximum atomic E-state index is 11.2. The zero-order chi connectivity index (χ0) is 19.5. The fourth-order valence-electron chi connectivity index (χ4n) is 2.79. The van der Waals surface area contributed by atoms with Gasteiger partial charge in [0.05, 0.1) is 28.7 Å². The van der Waals surface area contributed by atoms with E-state index in [2.05, 4.69) is 4.98 Å². The fraction of sp³-hybridized carbons (Fsp3) is 0.0476. The molecule has 0 fully saturated rings. The predicted octanol–water partition coefficient (Wildman–Crippen LogP) is 4.93. The van der Waals surface area contributed by atoms with Crippen LogP contribution in [0.25, 0.3) is 21.7 Å². The van der Waals surface area contributed by atoms with Crippen LogP contribution in [0.1, 0.15) is 15.9 Å². The quantitative estimate of drug-likeness (QED) is 0.483. The number of aromatic nitrogens is 1. The monoisotopic (exact) mass is 392 g/mol. The van der Waals surface area contributed by atoms with Gasteiger partial charge in [0, 0.05) is 11.1 Å². The third-order valence-corrected chi connectivity index (χ3v) is 5.07. The number of nitrogens with zero attached hydrogens (tertiary/aromatic N) is 1. The van der Waals surface area contributed by atoms with Gasteiger partial charge in [0.25, 0.3) is 0 Å². The molecule has 28 heavy (non-hydrogen) atoms. The highest BCUT2D eigenvalue weighted by atomic mass is 32.1. The standard InChI is InChI=1S/C21H16N2O4S/c22-19-16(15-6-7-26-12-15)10-17(18-5-2-8-28-18)23-20(19)27-11-13-3-1-4-14(9-13)21(24)25/h1-10,12H,11,22H2,(H,24,25). The number of pyridine rings is 1. The van der Waals surface area contributed by atoms with Crippen molar-refractivity contribution in [2.75, 3.05) is 5.73 Å². The number of thiophene rings is 1. The summed E-state index contributed by atoms with van der Waals surface area (Å²) in [5.74, 6) is -0.691. The van der Waals surface area contributed by atoms with Crippen LogP contribution in [0, 0.1) is 0 Å². The topological polar surface area (TPSA) is 98.6 Å². The zero-order valence-electron chi connectivity index (χ0n) is 14.7. The lowest BCUT2D eigenvalue weighted by Gasteiger charge is -2.13. The lowest BCUT2D eigenvalue weighted by Crippen LogP contribution is -2.04. The van der Waals surface area contributed by atoms with E-state index in [0.29, 0.717) is 17.1 Å². The van der Waals surface area contributed by atoms with Gasteiger partial charge >= 0.3 is 5.97 Å². The molecule has 3 aromatic heterocycles. The first-order chi connectivity index (χ1) is 13.6. The van der Waals surface area contributed by atoms with Gasteiger partial charge in [0.15, 0.2) is 0 Å². The van der Waals surface area contributed by atoms with E-state index < -0.39 is 5.97 Å².